The fourth-order valence-corrected chi connectivity index (χ4v) is 2.98. The minimum absolute atomic E-state index is 0.0538. The minimum atomic E-state index is -1.05. The Balaban J connectivity index is 2.07. The third-order valence-corrected chi connectivity index (χ3v) is 4.44. The number of rotatable bonds is 14. The predicted molar refractivity (Wildman–Crippen MR) is 113 cm³/mol. The van der Waals surface area contributed by atoms with E-state index in [9.17, 15) is 15.0 Å². The van der Waals surface area contributed by atoms with Gasteiger partial charge in [0.15, 0.2) is 0 Å². The molecule has 0 fully saturated rings. The van der Waals surface area contributed by atoms with Gasteiger partial charge in [-0.15, -0.1) is 0 Å². The van der Waals surface area contributed by atoms with Crippen LogP contribution < -0.4 is 0 Å². The van der Waals surface area contributed by atoms with E-state index in [0.29, 0.717) is 6.42 Å². The maximum atomic E-state index is 11.2. The van der Waals surface area contributed by atoms with Crippen LogP contribution in [0.5, 0.6) is 5.75 Å². The van der Waals surface area contributed by atoms with Crippen molar-refractivity contribution in [3.05, 3.63) is 65.8 Å². The Kier molecular flexibility index (Phi) is 12.5. The molecule has 0 atom stereocenters. The van der Waals surface area contributed by atoms with Crippen LogP contribution in [-0.4, -0.2) is 16.2 Å². The Morgan fingerprint density at radius 2 is 1.52 bits per heavy atom. The second-order valence-electron chi connectivity index (χ2n) is 6.72. The van der Waals surface area contributed by atoms with Gasteiger partial charge in [-0.1, -0.05) is 74.8 Å². The van der Waals surface area contributed by atoms with Crippen molar-refractivity contribution in [3.8, 4) is 5.75 Å². The molecular weight excluding hydrogens is 336 g/mol. The van der Waals surface area contributed by atoms with Gasteiger partial charge in [-0.05, 0) is 56.6 Å². The van der Waals surface area contributed by atoms with Gasteiger partial charge in [-0.25, -0.2) is 4.79 Å². The molecule has 1 aromatic rings. The summed E-state index contributed by atoms with van der Waals surface area (Å²) in [5, 5.41) is 18.9. The zero-order valence-electron chi connectivity index (χ0n) is 16.6. The number of phenols is 1. The molecule has 1 aromatic carbocycles. The lowest BCUT2D eigenvalue weighted by Crippen LogP contribution is -2.03. The molecule has 0 aromatic heterocycles. The molecule has 3 nitrogen and oxygen atoms in total. The van der Waals surface area contributed by atoms with E-state index >= 15 is 0 Å². The summed E-state index contributed by atoms with van der Waals surface area (Å²) in [7, 11) is 0. The average Bonchev–Trinajstić information content (AvgIpc) is 2.64. The first kappa shape index (κ1) is 22.8. The quantitative estimate of drug-likeness (QED) is 0.279. The molecule has 0 aliphatic heterocycles. The van der Waals surface area contributed by atoms with Gasteiger partial charge in [0.1, 0.15) is 11.3 Å². The van der Waals surface area contributed by atoms with Gasteiger partial charge in [0.05, 0.1) is 0 Å². The number of unbranched alkanes of at least 4 members (excludes halogenated alkanes) is 5. The van der Waals surface area contributed by atoms with Crippen LogP contribution in [0.25, 0.3) is 0 Å². The number of hydrogen-bond donors (Lipinski definition) is 2. The molecule has 3 heteroatoms. The van der Waals surface area contributed by atoms with Crippen LogP contribution >= 0.6 is 0 Å². The fourth-order valence-electron chi connectivity index (χ4n) is 2.98. The van der Waals surface area contributed by atoms with Crippen molar-refractivity contribution < 1.29 is 15.0 Å². The maximum absolute atomic E-state index is 11.2. The van der Waals surface area contributed by atoms with Crippen LogP contribution in [0.15, 0.2) is 54.7 Å². The van der Waals surface area contributed by atoms with Gasteiger partial charge in [0.2, 0.25) is 0 Å². The minimum Gasteiger partial charge on any atom is -0.507 e. The summed E-state index contributed by atoms with van der Waals surface area (Å²) in [6, 6.07) is 4.93. The third-order valence-electron chi connectivity index (χ3n) is 4.44. The second kappa shape index (κ2) is 14.8. The Morgan fingerprint density at radius 1 is 0.889 bits per heavy atom. The molecule has 0 amide bonds. The summed E-state index contributed by atoms with van der Waals surface area (Å²) in [5.74, 6) is -1.19. The summed E-state index contributed by atoms with van der Waals surface area (Å²) in [6.07, 6.45) is 23.9. The first-order chi connectivity index (χ1) is 13.2. The molecule has 0 aliphatic rings. The monoisotopic (exact) mass is 370 g/mol. The number of carbonyl (C=O) groups is 1. The number of allylic oxidation sites excluding steroid dienone is 6. The highest BCUT2D eigenvalue weighted by molar-refractivity contribution is 5.92. The number of carboxylic acids is 1. The molecule has 0 unspecified atom stereocenters. The van der Waals surface area contributed by atoms with Crippen molar-refractivity contribution in [2.24, 2.45) is 0 Å². The smallest absolute Gasteiger partial charge is 0.339 e. The molecule has 0 spiro atoms. The Bertz CT molecular complexity index is 627. The van der Waals surface area contributed by atoms with Gasteiger partial charge < -0.3 is 10.2 Å². The molecule has 1 rings (SSSR count). The van der Waals surface area contributed by atoms with E-state index in [1.165, 1.54) is 25.3 Å². The van der Waals surface area contributed by atoms with E-state index < -0.39 is 5.97 Å². The van der Waals surface area contributed by atoms with Crippen molar-refractivity contribution in [2.45, 2.75) is 71.1 Å². The highest BCUT2D eigenvalue weighted by Crippen LogP contribution is 2.23. The maximum Gasteiger partial charge on any atom is 0.339 e. The highest BCUT2D eigenvalue weighted by atomic mass is 16.4. The zero-order valence-corrected chi connectivity index (χ0v) is 16.6. The zero-order chi connectivity index (χ0) is 19.7. The van der Waals surface area contributed by atoms with Gasteiger partial charge in [0.25, 0.3) is 0 Å². The van der Waals surface area contributed by atoms with Gasteiger partial charge in [-0.3, -0.25) is 0 Å². The fraction of sp³-hybridized carbons (Fsp3) is 0.458. The van der Waals surface area contributed by atoms with Gasteiger partial charge >= 0.3 is 5.97 Å². The van der Waals surface area contributed by atoms with Crippen LogP contribution in [0, 0.1) is 0 Å². The lowest BCUT2D eigenvalue weighted by atomic mass is 9.99. The molecule has 0 saturated carbocycles. The van der Waals surface area contributed by atoms with Crippen molar-refractivity contribution in [3.63, 3.8) is 0 Å². The van der Waals surface area contributed by atoms with E-state index in [4.69, 9.17) is 0 Å². The van der Waals surface area contributed by atoms with Crippen LogP contribution in [0.1, 0.15) is 80.6 Å². The molecule has 0 heterocycles. The average molecular weight is 371 g/mol. The molecular formula is C24H34O3. The van der Waals surface area contributed by atoms with E-state index in [-0.39, 0.29) is 11.3 Å². The molecule has 2 N–H and O–H groups in total. The van der Waals surface area contributed by atoms with Crippen molar-refractivity contribution >= 4 is 5.97 Å². The first-order valence-corrected chi connectivity index (χ1v) is 10.2. The Hall–Kier alpha value is -2.29. The molecule has 0 bridgehead atoms. The largest absolute Gasteiger partial charge is 0.507 e. The summed E-state index contributed by atoms with van der Waals surface area (Å²) in [5.41, 5.74) is 0.779. The topological polar surface area (TPSA) is 57.5 Å². The van der Waals surface area contributed by atoms with Crippen LogP contribution in [-0.2, 0) is 6.42 Å². The van der Waals surface area contributed by atoms with Crippen molar-refractivity contribution in [1.82, 2.24) is 0 Å². The summed E-state index contributed by atoms with van der Waals surface area (Å²) < 4.78 is 0. The van der Waals surface area contributed by atoms with Crippen LogP contribution in [0.4, 0.5) is 0 Å². The highest BCUT2D eigenvalue weighted by Gasteiger charge is 2.14. The number of hydrogen-bond acceptors (Lipinski definition) is 2. The molecule has 148 valence electrons. The lowest BCUT2D eigenvalue weighted by molar-refractivity contribution is 0.0692. The second-order valence-corrected chi connectivity index (χ2v) is 6.72. The van der Waals surface area contributed by atoms with Crippen LogP contribution in [0.3, 0.4) is 0 Å². The first-order valence-electron chi connectivity index (χ1n) is 10.2. The van der Waals surface area contributed by atoms with Gasteiger partial charge in [0, 0.05) is 0 Å². The van der Waals surface area contributed by atoms with Gasteiger partial charge in [-0.2, -0.15) is 0 Å². The number of aromatic carboxylic acids is 1. The Labute approximate surface area is 164 Å². The summed E-state index contributed by atoms with van der Waals surface area (Å²) in [6.45, 7) is 2.15. The van der Waals surface area contributed by atoms with E-state index in [2.05, 4.69) is 43.4 Å². The lowest BCUT2D eigenvalue weighted by Gasteiger charge is -2.07. The third kappa shape index (κ3) is 10.4. The van der Waals surface area contributed by atoms with Crippen molar-refractivity contribution in [1.29, 1.82) is 0 Å². The van der Waals surface area contributed by atoms with Crippen molar-refractivity contribution in [2.75, 3.05) is 0 Å². The standard InChI is InChI=1S/C24H34O3/c1-2-3-4-5-6-7-8-9-10-11-12-13-14-15-16-18-21-19-17-20-22(25)23(21)24(26)27/h3-4,6-7,9-10,17,19-20,25H,2,5,8,11-16,18H2,1H3,(H,26,27)/b4-3-,7-6-,10-9-. The number of aromatic hydroxyl groups is 1. The predicted octanol–water partition coefficient (Wildman–Crippen LogP) is 6.83. The molecule has 0 radical (unpaired) electrons. The van der Waals surface area contributed by atoms with E-state index in [1.807, 2.05) is 0 Å². The molecule has 0 saturated heterocycles. The SMILES string of the molecule is CC/C=C\C/C=C\C/C=C\CCCCCCCc1cccc(O)c1C(=O)O. The number of carboxylic acid groups (broad SMARTS) is 1. The Morgan fingerprint density at radius 3 is 2.22 bits per heavy atom. The van der Waals surface area contributed by atoms with Crippen LogP contribution in [0.2, 0.25) is 0 Å². The number of benzene rings is 1. The van der Waals surface area contributed by atoms with E-state index in [1.54, 1.807) is 12.1 Å². The molecule has 0 aliphatic carbocycles. The van der Waals surface area contributed by atoms with E-state index in [0.717, 1.165) is 44.1 Å². The molecule has 27 heavy (non-hydrogen) atoms. The summed E-state index contributed by atoms with van der Waals surface area (Å²) in [4.78, 5) is 11.2. The normalized spacial score (nSPS) is 11.9. The number of aryl methyl sites for hydroxylation is 1. The summed E-state index contributed by atoms with van der Waals surface area (Å²) >= 11 is 0.